The van der Waals surface area contributed by atoms with Gasteiger partial charge in [-0.05, 0) is 67.9 Å². The third-order valence-corrected chi connectivity index (χ3v) is 6.70. The van der Waals surface area contributed by atoms with Crippen LogP contribution in [0.3, 0.4) is 0 Å². The summed E-state index contributed by atoms with van der Waals surface area (Å²) in [4.78, 5) is 38.1. The molecule has 0 unspecified atom stereocenters. The van der Waals surface area contributed by atoms with E-state index in [1.807, 2.05) is 0 Å². The van der Waals surface area contributed by atoms with Gasteiger partial charge in [0.1, 0.15) is 17.8 Å². The number of benzene rings is 2. The zero-order valence-electron chi connectivity index (χ0n) is 22.2. The van der Waals surface area contributed by atoms with E-state index < -0.39 is 59.5 Å². The molecular weight excluding hydrogens is 672 g/mol. The van der Waals surface area contributed by atoms with Crippen LogP contribution in [0.1, 0.15) is 40.1 Å². The summed E-state index contributed by atoms with van der Waals surface area (Å²) in [6.45, 7) is -0.000501. The minimum absolute atomic E-state index is 0.0623. The first-order chi connectivity index (χ1) is 20.0. The van der Waals surface area contributed by atoms with Crippen molar-refractivity contribution in [3.63, 3.8) is 0 Å². The van der Waals surface area contributed by atoms with E-state index in [4.69, 9.17) is 16.3 Å². The van der Waals surface area contributed by atoms with Crippen LogP contribution in [0.25, 0.3) is 0 Å². The standard InChI is InChI=1S/C28H21BrClF6N3O4/c1-27(2,28(34,35)36)26(42)37-12-14-3-6-19(30)17(9-14)24(40)38-16-5-8-22(43-13-23(32)33)18(11-16)25(41)39-21-7-4-15(29)10-20(21)31/h3-4,6-7,9-11,23H,12-13H2,1-2H3,(H,37,42)(H,38,40)(H,39,41). The molecule has 3 aromatic carbocycles. The third kappa shape index (κ3) is 8.55. The number of carbonyl (C=O) groups excluding carboxylic acids is 3. The molecule has 43 heavy (non-hydrogen) atoms. The largest absolute Gasteiger partial charge is 0.479 e. The van der Waals surface area contributed by atoms with Crippen molar-refractivity contribution < 1.29 is 45.5 Å². The van der Waals surface area contributed by atoms with Gasteiger partial charge in [-0.3, -0.25) is 14.4 Å². The summed E-state index contributed by atoms with van der Waals surface area (Å²) in [5.74, 6) is -4.38. The number of halogens is 8. The molecule has 0 aliphatic carbocycles. The van der Waals surface area contributed by atoms with Gasteiger partial charge in [0, 0.05) is 11.0 Å². The maximum absolute atomic E-state index is 14.3. The molecule has 0 saturated heterocycles. The highest BCUT2D eigenvalue weighted by atomic mass is 79.9. The van der Waals surface area contributed by atoms with Crippen LogP contribution >= 0.6 is 27.5 Å². The van der Waals surface area contributed by atoms with Gasteiger partial charge in [-0.1, -0.05) is 33.6 Å². The van der Waals surface area contributed by atoms with Gasteiger partial charge in [0.2, 0.25) is 5.91 Å². The van der Waals surface area contributed by atoms with Crippen LogP contribution in [0.2, 0.25) is 5.02 Å². The molecule has 15 heteroatoms. The molecule has 0 aromatic heterocycles. The van der Waals surface area contributed by atoms with Gasteiger partial charge in [-0.25, -0.2) is 13.2 Å². The first-order valence-corrected chi connectivity index (χ1v) is 13.3. The third-order valence-electron chi connectivity index (χ3n) is 5.87. The lowest BCUT2D eigenvalue weighted by Crippen LogP contribution is -2.46. The van der Waals surface area contributed by atoms with Crippen molar-refractivity contribution in [1.82, 2.24) is 5.32 Å². The van der Waals surface area contributed by atoms with Gasteiger partial charge in [0.05, 0.1) is 27.5 Å². The second-order valence-electron chi connectivity index (χ2n) is 9.40. The number of anilines is 2. The molecule has 0 heterocycles. The zero-order valence-corrected chi connectivity index (χ0v) is 24.5. The Morgan fingerprint density at radius 3 is 2.28 bits per heavy atom. The van der Waals surface area contributed by atoms with Gasteiger partial charge >= 0.3 is 6.18 Å². The number of hydrogen-bond acceptors (Lipinski definition) is 4. The number of ether oxygens (including phenoxy) is 1. The van der Waals surface area contributed by atoms with Gasteiger partial charge in [-0.15, -0.1) is 0 Å². The number of hydrogen-bond donors (Lipinski definition) is 3. The van der Waals surface area contributed by atoms with Crippen molar-refractivity contribution in [2.75, 3.05) is 17.2 Å². The summed E-state index contributed by atoms with van der Waals surface area (Å²) >= 11 is 9.22. The maximum Gasteiger partial charge on any atom is 0.402 e. The summed E-state index contributed by atoms with van der Waals surface area (Å²) in [5.41, 5.74) is -3.39. The Morgan fingerprint density at radius 2 is 1.65 bits per heavy atom. The lowest BCUT2D eigenvalue weighted by atomic mass is 9.91. The zero-order chi connectivity index (χ0) is 32.1. The number of alkyl halides is 5. The van der Waals surface area contributed by atoms with Crippen LogP contribution < -0.4 is 20.7 Å². The fraction of sp³-hybridized carbons (Fsp3) is 0.250. The first kappa shape index (κ1) is 33.5. The molecule has 0 aliphatic rings. The smallest absolute Gasteiger partial charge is 0.402 e. The van der Waals surface area contributed by atoms with E-state index in [-0.39, 0.29) is 34.1 Å². The number of carbonyl (C=O) groups is 3. The number of amides is 3. The van der Waals surface area contributed by atoms with E-state index in [0.717, 1.165) is 26.0 Å². The lowest BCUT2D eigenvalue weighted by molar-refractivity contribution is -0.211. The van der Waals surface area contributed by atoms with Crippen molar-refractivity contribution in [3.8, 4) is 5.75 Å². The number of rotatable bonds is 10. The van der Waals surface area contributed by atoms with Crippen LogP contribution in [-0.4, -0.2) is 36.9 Å². The van der Waals surface area contributed by atoms with Crippen LogP contribution in [0, 0.1) is 23.4 Å². The second-order valence-corrected chi connectivity index (χ2v) is 10.7. The van der Waals surface area contributed by atoms with Crippen molar-refractivity contribution in [3.05, 3.63) is 86.6 Å². The van der Waals surface area contributed by atoms with Crippen LogP contribution in [0.15, 0.2) is 46.9 Å². The molecule has 3 aromatic rings. The van der Waals surface area contributed by atoms with Crippen LogP contribution in [0.5, 0.6) is 5.75 Å². The molecule has 0 aliphatic heterocycles. The van der Waals surface area contributed by atoms with Crippen molar-refractivity contribution >= 4 is 56.6 Å². The Morgan fingerprint density at radius 1 is 0.977 bits per heavy atom. The Labute approximate surface area is 255 Å². The van der Waals surface area contributed by atoms with Gasteiger partial charge in [0.25, 0.3) is 18.2 Å². The second kappa shape index (κ2) is 13.6. The molecule has 0 spiro atoms. The number of nitrogens with one attached hydrogen (secondary N) is 3. The Kier molecular flexibility index (Phi) is 10.6. The van der Waals surface area contributed by atoms with Gasteiger partial charge in [-0.2, -0.15) is 13.2 Å². The molecule has 3 rings (SSSR count). The maximum atomic E-state index is 14.3. The van der Waals surface area contributed by atoms with Crippen molar-refractivity contribution in [2.45, 2.75) is 33.0 Å². The fourth-order valence-electron chi connectivity index (χ4n) is 3.29. The topological polar surface area (TPSA) is 96.5 Å². The summed E-state index contributed by atoms with van der Waals surface area (Å²) in [6.07, 6.45) is -7.69. The van der Waals surface area contributed by atoms with Gasteiger partial charge < -0.3 is 20.7 Å². The van der Waals surface area contributed by atoms with Crippen LogP contribution in [-0.2, 0) is 11.3 Å². The SMILES string of the molecule is CC(C)(C(=O)NCc1ccc(Cl)c(C(=O)Nc2c#cc(OCC(F)F)c(C(=O)Nc3ccc(Br)cc3F)c2)c1)C(F)(F)F. The van der Waals surface area contributed by atoms with E-state index in [1.165, 1.54) is 30.3 Å². The highest BCUT2D eigenvalue weighted by Gasteiger charge is 2.52. The molecule has 0 bridgehead atoms. The predicted molar refractivity (Wildman–Crippen MR) is 149 cm³/mol. The molecule has 0 atom stereocenters. The van der Waals surface area contributed by atoms with Crippen molar-refractivity contribution in [1.29, 1.82) is 0 Å². The highest BCUT2D eigenvalue weighted by Crippen LogP contribution is 2.37. The van der Waals surface area contributed by atoms with E-state index in [9.17, 15) is 40.7 Å². The summed E-state index contributed by atoms with van der Waals surface area (Å²) in [6, 6.07) is 13.5. The summed E-state index contributed by atoms with van der Waals surface area (Å²) < 4.78 is 84.6. The Balaban J connectivity index is 1.83. The Hall–Kier alpha value is -3.96. The molecule has 0 fully saturated rings. The molecule has 7 nitrogen and oxygen atoms in total. The minimum Gasteiger partial charge on any atom is -0.479 e. The highest BCUT2D eigenvalue weighted by molar-refractivity contribution is 9.10. The molecule has 0 saturated carbocycles. The molecule has 3 N–H and O–H groups in total. The molecule has 3 amide bonds. The van der Waals surface area contributed by atoms with E-state index in [0.29, 0.717) is 4.47 Å². The average Bonchev–Trinajstić information content (AvgIpc) is 2.92. The van der Waals surface area contributed by atoms with E-state index >= 15 is 0 Å². The van der Waals surface area contributed by atoms with E-state index in [1.54, 1.807) is 0 Å². The molecular formula is C28H21BrClF6N3O4. The summed E-state index contributed by atoms with van der Waals surface area (Å²) in [7, 11) is 0. The monoisotopic (exact) mass is 691 g/mol. The normalized spacial score (nSPS) is 11.5. The van der Waals surface area contributed by atoms with Crippen LogP contribution in [0.4, 0.5) is 37.7 Å². The van der Waals surface area contributed by atoms with E-state index in [2.05, 4.69) is 44.0 Å². The van der Waals surface area contributed by atoms with Crippen molar-refractivity contribution in [2.24, 2.45) is 5.41 Å². The predicted octanol–water partition coefficient (Wildman–Crippen LogP) is 7.20. The quantitative estimate of drug-likeness (QED) is 0.196. The molecule has 0 radical (unpaired) electrons. The Bertz CT molecular complexity index is 1530. The fourth-order valence-corrected chi connectivity index (χ4v) is 3.83. The average molecular weight is 693 g/mol. The van der Waals surface area contributed by atoms with Gasteiger partial charge in [0.15, 0.2) is 5.75 Å². The lowest BCUT2D eigenvalue weighted by Gasteiger charge is -2.26. The minimum atomic E-state index is -4.79. The summed E-state index contributed by atoms with van der Waals surface area (Å²) in [5, 5.41) is 6.78. The first-order valence-electron chi connectivity index (χ1n) is 12.1. The molecule has 228 valence electrons.